The van der Waals surface area contributed by atoms with Crippen LogP contribution in [0.1, 0.15) is 6.42 Å². The van der Waals surface area contributed by atoms with E-state index in [-0.39, 0.29) is 23.8 Å². The fourth-order valence-corrected chi connectivity index (χ4v) is 5.62. The third-order valence-corrected chi connectivity index (χ3v) is 5.68. The zero-order valence-electron chi connectivity index (χ0n) is 7.55. The first kappa shape index (κ1) is 6.59. The molecular weight excluding hydrogens is 180 g/mol. The normalized spacial score (nSPS) is 70.0. The van der Waals surface area contributed by atoms with Crippen molar-refractivity contribution in [1.29, 1.82) is 0 Å². The molecule has 1 saturated heterocycles. The summed E-state index contributed by atoms with van der Waals surface area (Å²) >= 11 is 0. The van der Waals surface area contributed by atoms with E-state index in [9.17, 15) is 9.59 Å². The molecule has 0 aromatic carbocycles. The van der Waals surface area contributed by atoms with Gasteiger partial charge in [0, 0.05) is 0 Å². The van der Waals surface area contributed by atoms with Gasteiger partial charge in [-0.1, -0.05) is 0 Å². The number of esters is 2. The second-order valence-electron chi connectivity index (χ2n) is 5.66. The molecule has 0 spiro atoms. The highest BCUT2D eigenvalue weighted by Gasteiger charge is 2.83. The molecule has 14 heavy (non-hydrogen) atoms. The Morgan fingerprint density at radius 1 is 0.857 bits per heavy atom. The Kier molecular flexibility index (Phi) is 0.732. The second kappa shape index (κ2) is 1.55. The van der Waals surface area contributed by atoms with E-state index in [1.807, 2.05) is 0 Å². The molecule has 6 rings (SSSR count). The van der Waals surface area contributed by atoms with E-state index in [1.165, 1.54) is 6.42 Å². The van der Waals surface area contributed by atoms with Crippen molar-refractivity contribution in [1.82, 2.24) is 0 Å². The number of ether oxygens (including phenoxy) is 1. The average molecular weight is 190 g/mol. The van der Waals surface area contributed by atoms with Crippen LogP contribution < -0.4 is 0 Å². The van der Waals surface area contributed by atoms with Crippen LogP contribution in [0, 0.1) is 47.3 Å². The molecule has 5 aliphatic carbocycles. The first-order valence-electron chi connectivity index (χ1n) is 5.54. The SMILES string of the molecule is O=C1OC(=O)C2C1C1C3CC4C1C4C32. The van der Waals surface area contributed by atoms with Crippen molar-refractivity contribution in [2.24, 2.45) is 47.3 Å². The van der Waals surface area contributed by atoms with Crippen molar-refractivity contribution >= 4 is 11.9 Å². The minimum absolute atomic E-state index is 0.0220. The molecule has 0 N–H and O–H groups in total. The molecular formula is C11H10O3. The van der Waals surface area contributed by atoms with Gasteiger partial charge in [0.25, 0.3) is 0 Å². The average Bonchev–Trinajstić information content (AvgIpc) is 2.60. The van der Waals surface area contributed by atoms with Crippen LogP contribution in [0.3, 0.4) is 0 Å². The summed E-state index contributed by atoms with van der Waals surface area (Å²) in [6.07, 6.45) is 1.30. The van der Waals surface area contributed by atoms with Crippen molar-refractivity contribution in [3.8, 4) is 0 Å². The van der Waals surface area contributed by atoms with E-state index in [2.05, 4.69) is 0 Å². The Hall–Kier alpha value is -0.860. The van der Waals surface area contributed by atoms with E-state index < -0.39 is 0 Å². The van der Waals surface area contributed by atoms with Crippen LogP contribution in [0.25, 0.3) is 0 Å². The number of carbonyl (C=O) groups is 2. The molecule has 0 amide bonds. The monoisotopic (exact) mass is 190 g/mol. The van der Waals surface area contributed by atoms with Crippen molar-refractivity contribution < 1.29 is 14.3 Å². The second-order valence-corrected chi connectivity index (χ2v) is 5.66. The molecule has 72 valence electrons. The van der Waals surface area contributed by atoms with Gasteiger partial charge in [-0.05, 0) is 41.9 Å². The van der Waals surface area contributed by atoms with Gasteiger partial charge in [0.05, 0.1) is 11.8 Å². The summed E-state index contributed by atoms with van der Waals surface area (Å²) < 4.78 is 4.77. The van der Waals surface area contributed by atoms with Crippen LogP contribution in [0.15, 0.2) is 0 Å². The van der Waals surface area contributed by atoms with Gasteiger partial charge in [-0.15, -0.1) is 0 Å². The van der Waals surface area contributed by atoms with E-state index in [0.29, 0.717) is 17.8 Å². The van der Waals surface area contributed by atoms with Gasteiger partial charge in [-0.2, -0.15) is 0 Å². The van der Waals surface area contributed by atoms with Crippen LogP contribution in [0.2, 0.25) is 0 Å². The summed E-state index contributed by atoms with van der Waals surface area (Å²) in [6, 6.07) is 0. The Bertz CT molecular complexity index is 367. The summed E-state index contributed by atoms with van der Waals surface area (Å²) in [5.41, 5.74) is 0. The summed E-state index contributed by atoms with van der Waals surface area (Å²) in [7, 11) is 0. The maximum absolute atomic E-state index is 11.5. The third kappa shape index (κ3) is 0.406. The molecule has 6 atom stereocenters. The molecule has 0 aromatic heterocycles. The predicted molar refractivity (Wildman–Crippen MR) is 43.6 cm³/mol. The van der Waals surface area contributed by atoms with E-state index in [1.54, 1.807) is 0 Å². The minimum atomic E-state index is -0.205. The third-order valence-electron chi connectivity index (χ3n) is 5.68. The number of hydrogen-bond acceptors (Lipinski definition) is 3. The zero-order valence-corrected chi connectivity index (χ0v) is 7.55. The highest BCUT2D eigenvalue weighted by Crippen LogP contribution is 2.84. The molecule has 6 aliphatic rings. The molecule has 3 nitrogen and oxygen atoms in total. The number of hydrogen-bond donors (Lipinski definition) is 0. The highest BCUT2D eigenvalue weighted by molar-refractivity contribution is 5.98. The largest absolute Gasteiger partial charge is 0.393 e. The smallest absolute Gasteiger partial charge is 0.317 e. The Labute approximate surface area is 80.8 Å². The fourth-order valence-electron chi connectivity index (χ4n) is 5.62. The molecule has 0 radical (unpaired) electrons. The highest BCUT2D eigenvalue weighted by atomic mass is 16.6. The molecule has 6 unspecified atom stereocenters. The van der Waals surface area contributed by atoms with Crippen LogP contribution in [0.4, 0.5) is 0 Å². The Balaban J connectivity index is 1.74. The molecule has 5 saturated carbocycles. The standard InChI is InChI=1S/C11H10O3/c12-10-8-6-3-1-2-4(6)5(2)7(3)9(8)11(13)14-10/h2-9H,1H2. The summed E-state index contributed by atoms with van der Waals surface area (Å²) in [5, 5.41) is 0. The number of cyclic esters (lactones) is 2. The number of carbonyl (C=O) groups excluding carboxylic acids is 2. The zero-order chi connectivity index (χ0) is 9.19. The van der Waals surface area contributed by atoms with Gasteiger partial charge in [0.2, 0.25) is 0 Å². The van der Waals surface area contributed by atoms with Gasteiger partial charge in [0.1, 0.15) is 0 Å². The Morgan fingerprint density at radius 2 is 1.36 bits per heavy atom. The summed E-state index contributed by atoms with van der Waals surface area (Å²) in [6.45, 7) is 0. The first-order valence-corrected chi connectivity index (χ1v) is 5.54. The minimum Gasteiger partial charge on any atom is -0.393 e. The van der Waals surface area contributed by atoms with Gasteiger partial charge < -0.3 is 4.74 Å². The molecule has 0 aromatic rings. The van der Waals surface area contributed by atoms with Gasteiger partial charge in [-0.3, -0.25) is 9.59 Å². The lowest BCUT2D eigenvalue weighted by Gasteiger charge is -2.17. The molecule has 6 bridgehead atoms. The van der Waals surface area contributed by atoms with E-state index in [4.69, 9.17) is 4.74 Å². The van der Waals surface area contributed by atoms with Crippen LogP contribution in [-0.4, -0.2) is 11.9 Å². The number of fused-ring (bicyclic) bond motifs is 1. The lowest BCUT2D eigenvalue weighted by Crippen LogP contribution is -2.26. The summed E-state index contributed by atoms with van der Waals surface area (Å²) in [5.74, 6) is 3.85. The quantitative estimate of drug-likeness (QED) is 0.411. The fraction of sp³-hybridized carbons (Fsp3) is 0.818. The first-order chi connectivity index (χ1) is 6.79. The van der Waals surface area contributed by atoms with Crippen LogP contribution in [0.5, 0.6) is 0 Å². The van der Waals surface area contributed by atoms with Gasteiger partial charge in [0.15, 0.2) is 0 Å². The molecule has 3 heteroatoms. The number of rotatable bonds is 0. The topological polar surface area (TPSA) is 43.4 Å². The van der Waals surface area contributed by atoms with Crippen molar-refractivity contribution in [3.63, 3.8) is 0 Å². The van der Waals surface area contributed by atoms with Crippen molar-refractivity contribution in [2.75, 3.05) is 0 Å². The molecule has 6 fully saturated rings. The lowest BCUT2D eigenvalue weighted by molar-refractivity contribution is -0.155. The van der Waals surface area contributed by atoms with Crippen LogP contribution >= 0.6 is 0 Å². The van der Waals surface area contributed by atoms with Gasteiger partial charge >= 0.3 is 11.9 Å². The summed E-state index contributed by atoms with van der Waals surface area (Å²) in [4.78, 5) is 23.1. The van der Waals surface area contributed by atoms with Crippen molar-refractivity contribution in [3.05, 3.63) is 0 Å². The van der Waals surface area contributed by atoms with Gasteiger partial charge in [-0.25, -0.2) is 0 Å². The molecule has 1 heterocycles. The lowest BCUT2D eigenvalue weighted by atomic mass is 9.81. The molecule has 1 aliphatic heterocycles. The van der Waals surface area contributed by atoms with E-state index >= 15 is 0 Å². The maximum atomic E-state index is 11.5. The predicted octanol–water partition coefficient (Wildman–Crippen LogP) is 0.444. The van der Waals surface area contributed by atoms with E-state index in [0.717, 1.165) is 17.8 Å². The van der Waals surface area contributed by atoms with Crippen molar-refractivity contribution in [2.45, 2.75) is 6.42 Å². The van der Waals surface area contributed by atoms with Crippen LogP contribution in [-0.2, 0) is 14.3 Å². The maximum Gasteiger partial charge on any atom is 0.317 e. The Morgan fingerprint density at radius 3 is 1.86 bits per heavy atom.